The molecule has 3 nitrogen and oxygen atoms in total. The van der Waals surface area contributed by atoms with Gasteiger partial charge < -0.3 is 4.90 Å². The molecule has 0 saturated carbocycles. The molecule has 0 spiro atoms. The van der Waals surface area contributed by atoms with E-state index < -0.39 is 0 Å². The van der Waals surface area contributed by atoms with Crippen molar-refractivity contribution in [1.29, 1.82) is 0 Å². The maximum Gasteiger partial charge on any atom is 0.253 e. The van der Waals surface area contributed by atoms with Gasteiger partial charge in [0.1, 0.15) is 0 Å². The van der Waals surface area contributed by atoms with Crippen LogP contribution in [0.2, 0.25) is 0 Å². The number of carbonyl (C=O) groups is 1. The fourth-order valence-corrected chi connectivity index (χ4v) is 4.04. The summed E-state index contributed by atoms with van der Waals surface area (Å²) in [6.45, 7) is 1.69. The number of pyridine rings is 1. The Kier molecular flexibility index (Phi) is 4.22. The number of carbonyl (C=O) groups excluding carboxylic acids is 1. The van der Waals surface area contributed by atoms with Crippen LogP contribution >= 0.6 is 11.8 Å². The zero-order valence-corrected chi connectivity index (χ0v) is 14.1. The van der Waals surface area contributed by atoms with E-state index in [0.717, 1.165) is 52.1 Å². The molecule has 4 heteroatoms. The Morgan fingerprint density at radius 3 is 2.71 bits per heavy atom. The molecule has 0 atom stereocenters. The number of rotatable bonds is 2. The van der Waals surface area contributed by atoms with Gasteiger partial charge in [0.15, 0.2) is 0 Å². The summed E-state index contributed by atoms with van der Waals surface area (Å²) in [7, 11) is 0. The quantitative estimate of drug-likeness (QED) is 0.708. The molecule has 120 valence electrons. The van der Waals surface area contributed by atoms with E-state index in [0.29, 0.717) is 0 Å². The molecule has 1 amide bonds. The molecule has 4 rings (SSSR count). The fraction of sp³-hybridized carbons (Fsp3) is 0.200. The highest BCUT2D eigenvalue weighted by Crippen LogP contribution is 2.29. The molecular formula is C20H18N2OS. The highest BCUT2D eigenvalue weighted by Gasteiger charge is 2.18. The molecule has 1 aromatic heterocycles. The number of benzene rings is 2. The molecule has 0 aliphatic carbocycles. The van der Waals surface area contributed by atoms with Crippen LogP contribution in [0.5, 0.6) is 0 Å². The van der Waals surface area contributed by atoms with E-state index in [9.17, 15) is 4.79 Å². The van der Waals surface area contributed by atoms with Crippen molar-refractivity contribution in [3.63, 3.8) is 0 Å². The van der Waals surface area contributed by atoms with Crippen LogP contribution in [-0.2, 0) is 0 Å². The first-order valence-corrected chi connectivity index (χ1v) is 9.28. The topological polar surface area (TPSA) is 33.2 Å². The molecule has 0 bridgehead atoms. The fourth-order valence-electron chi connectivity index (χ4n) is 3.14. The molecular weight excluding hydrogens is 316 g/mol. The molecule has 2 aromatic carbocycles. The summed E-state index contributed by atoms with van der Waals surface area (Å²) in [4.78, 5) is 18.9. The second kappa shape index (κ2) is 6.65. The number of hydrogen-bond donors (Lipinski definition) is 0. The van der Waals surface area contributed by atoms with Gasteiger partial charge in [-0.15, -0.1) is 0 Å². The van der Waals surface area contributed by atoms with Crippen molar-refractivity contribution in [3.05, 3.63) is 66.5 Å². The highest BCUT2D eigenvalue weighted by atomic mass is 32.2. The predicted octanol–water partition coefficient (Wildman–Crippen LogP) is 4.09. The lowest BCUT2D eigenvalue weighted by atomic mass is 9.97. The molecule has 1 fully saturated rings. The van der Waals surface area contributed by atoms with E-state index in [2.05, 4.69) is 29.2 Å². The molecule has 1 aliphatic heterocycles. The van der Waals surface area contributed by atoms with Crippen LogP contribution in [0.3, 0.4) is 0 Å². The Balaban J connectivity index is 1.73. The summed E-state index contributed by atoms with van der Waals surface area (Å²) < 4.78 is 0. The molecule has 1 saturated heterocycles. The minimum atomic E-state index is 0.143. The van der Waals surface area contributed by atoms with Crippen LogP contribution in [0.1, 0.15) is 10.4 Å². The lowest BCUT2D eigenvalue weighted by molar-refractivity contribution is 0.0772. The maximum atomic E-state index is 12.7. The molecule has 24 heavy (non-hydrogen) atoms. The van der Waals surface area contributed by atoms with E-state index >= 15 is 0 Å². The monoisotopic (exact) mass is 334 g/mol. The van der Waals surface area contributed by atoms with Gasteiger partial charge in [0.05, 0.1) is 0 Å². The van der Waals surface area contributed by atoms with Gasteiger partial charge in [-0.2, -0.15) is 11.8 Å². The van der Waals surface area contributed by atoms with E-state index in [1.54, 1.807) is 6.20 Å². The minimum Gasteiger partial charge on any atom is -0.337 e. The van der Waals surface area contributed by atoms with Crippen LogP contribution < -0.4 is 0 Å². The number of aromatic nitrogens is 1. The average molecular weight is 334 g/mol. The van der Waals surface area contributed by atoms with Crippen molar-refractivity contribution in [3.8, 4) is 11.1 Å². The van der Waals surface area contributed by atoms with Gasteiger partial charge in [-0.05, 0) is 34.5 Å². The number of thioether (sulfide) groups is 1. The van der Waals surface area contributed by atoms with Gasteiger partial charge in [-0.25, -0.2) is 0 Å². The minimum absolute atomic E-state index is 0.143. The van der Waals surface area contributed by atoms with Crippen molar-refractivity contribution in [2.45, 2.75) is 0 Å². The zero-order valence-electron chi connectivity index (χ0n) is 13.3. The summed E-state index contributed by atoms with van der Waals surface area (Å²) in [5.74, 6) is 2.21. The van der Waals surface area contributed by atoms with Gasteiger partial charge in [0, 0.05) is 48.1 Å². The second-order valence-electron chi connectivity index (χ2n) is 5.89. The molecule has 3 aromatic rings. The summed E-state index contributed by atoms with van der Waals surface area (Å²) in [6.07, 6.45) is 3.65. The van der Waals surface area contributed by atoms with Gasteiger partial charge in [0.2, 0.25) is 0 Å². The van der Waals surface area contributed by atoms with Crippen molar-refractivity contribution in [1.82, 2.24) is 9.88 Å². The third kappa shape index (κ3) is 2.89. The molecule has 2 heterocycles. The summed E-state index contributed by atoms with van der Waals surface area (Å²) in [5, 5.41) is 2.24. The standard InChI is InChI=1S/C20H18N2OS/c23-20(22-9-11-24-12-10-22)16-6-7-19-15(13-16)3-1-5-18(19)17-4-2-8-21-14-17/h1-8,13-14H,9-12H2. The first-order valence-electron chi connectivity index (χ1n) is 8.13. The van der Waals surface area contributed by atoms with Crippen molar-refractivity contribution in [2.24, 2.45) is 0 Å². The summed E-state index contributed by atoms with van der Waals surface area (Å²) >= 11 is 1.91. The number of fused-ring (bicyclic) bond motifs is 1. The second-order valence-corrected chi connectivity index (χ2v) is 7.11. The van der Waals surface area contributed by atoms with Crippen LogP contribution in [-0.4, -0.2) is 40.4 Å². The largest absolute Gasteiger partial charge is 0.337 e. The van der Waals surface area contributed by atoms with Gasteiger partial charge in [0.25, 0.3) is 5.91 Å². The average Bonchev–Trinajstić information content (AvgIpc) is 2.68. The Labute approximate surface area is 145 Å². The van der Waals surface area contributed by atoms with Crippen LogP contribution in [0.4, 0.5) is 0 Å². The Bertz CT molecular complexity index is 873. The van der Waals surface area contributed by atoms with Crippen molar-refractivity contribution in [2.75, 3.05) is 24.6 Å². The van der Waals surface area contributed by atoms with Crippen molar-refractivity contribution >= 4 is 28.4 Å². The lowest BCUT2D eigenvalue weighted by Crippen LogP contribution is -2.37. The molecule has 0 N–H and O–H groups in total. The Morgan fingerprint density at radius 1 is 1.04 bits per heavy atom. The van der Waals surface area contributed by atoms with E-state index in [4.69, 9.17) is 0 Å². The third-order valence-corrected chi connectivity index (χ3v) is 5.34. The summed E-state index contributed by atoms with van der Waals surface area (Å²) in [6, 6.07) is 16.2. The third-order valence-electron chi connectivity index (χ3n) is 4.40. The van der Waals surface area contributed by atoms with E-state index in [1.165, 1.54) is 0 Å². The number of nitrogens with zero attached hydrogens (tertiary/aromatic N) is 2. The first kappa shape index (κ1) is 15.2. The smallest absolute Gasteiger partial charge is 0.253 e. The van der Waals surface area contributed by atoms with E-state index in [-0.39, 0.29) is 5.91 Å². The lowest BCUT2D eigenvalue weighted by Gasteiger charge is -2.26. The highest BCUT2D eigenvalue weighted by molar-refractivity contribution is 7.99. The van der Waals surface area contributed by atoms with Crippen molar-refractivity contribution < 1.29 is 4.79 Å². The Morgan fingerprint density at radius 2 is 1.92 bits per heavy atom. The molecule has 0 unspecified atom stereocenters. The number of hydrogen-bond acceptors (Lipinski definition) is 3. The van der Waals surface area contributed by atoms with Gasteiger partial charge in [-0.1, -0.05) is 30.3 Å². The van der Waals surface area contributed by atoms with Crippen LogP contribution in [0.25, 0.3) is 21.9 Å². The van der Waals surface area contributed by atoms with Gasteiger partial charge >= 0.3 is 0 Å². The maximum absolute atomic E-state index is 12.7. The Hall–Kier alpha value is -2.33. The zero-order chi connectivity index (χ0) is 16.4. The van der Waals surface area contributed by atoms with E-state index in [1.807, 2.05) is 47.1 Å². The normalized spacial score (nSPS) is 14.8. The predicted molar refractivity (Wildman–Crippen MR) is 100 cm³/mol. The van der Waals surface area contributed by atoms with Gasteiger partial charge in [-0.3, -0.25) is 9.78 Å². The van der Waals surface area contributed by atoms with Crippen LogP contribution in [0.15, 0.2) is 60.9 Å². The van der Waals surface area contributed by atoms with Crippen LogP contribution in [0, 0.1) is 0 Å². The SMILES string of the molecule is O=C(c1ccc2c(-c3cccnc3)cccc2c1)N1CCSCC1. The molecule has 1 aliphatic rings. The summed E-state index contributed by atoms with van der Waals surface area (Å²) in [5.41, 5.74) is 3.02. The number of amides is 1. The molecule has 0 radical (unpaired) electrons. The first-order chi connectivity index (χ1) is 11.8.